The van der Waals surface area contributed by atoms with Gasteiger partial charge in [0.15, 0.2) is 0 Å². The summed E-state index contributed by atoms with van der Waals surface area (Å²) < 4.78 is 0. The molecule has 0 atom stereocenters. The standard InChI is InChI=1S/C23H30O2/c24-23(25)21-17-12-10-8-6-4-2-1-3-5-7-9-11-14-18-22-19-15-13-16-20-22/h13,15-16,19-20H,2,4,6,8-12,14,17-18,21H2,(H,24,25)/p-1. The van der Waals surface area contributed by atoms with Crippen LogP contribution in [0.15, 0.2) is 30.3 Å². The van der Waals surface area contributed by atoms with E-state index in [1.54, 1.807) is 0 Å². The Morgan fingerprint density at radius 1 is 0.760 bits per heavy atom. The maximum absolute atomic E-state index is 10.3. The molecule has 0 unspecified atom stereocenters. The highest BCUT2D eigenvalue weighted by atomic mass is 16.4. The Bertz CT molecular complexity index is 581. The number of unbranched alkanes of at least 4 members (excludes halogenated alkanes) is 8. The number of aryl methyl sites for hydroxylation is 1. The van der Waals surface area contributed by atoms with E-state index in [1.165, 1.54) is 12.0 Å². The van der Waals surface area contributed by atoms with E-state index in [9.17, 15) is 9.90 Å². The minimum Gasteiger partial charge on any atom is -0.550 e. The molecule has 1 aromatic rings. The van der Waals surface area contributed by atoms with Crippen LogP contribution in [0.3, 0.4) is 0 Å². The lowest BCUT2D eigenvalue weighted by Gasteiger charge is -2.01. The first-order chi connectivity index (χ1) is 12.3. The third-order valence-electron chi connectivity index (χ3n) is 4.03. The molecule has 2 nitrogen and oxygen atoms in total. The highest BCUT2D eigenvalue weighted by molar-refractivity contribution is 5.64. The van der Waals surface area contributed by atoms with E-state index in [2.05, 4.69) is 47.9 Å². The Balaban J connectivity index is 1.89. The summed E-state index contributed by atoms with van der Waals surface area (Å²) in [7, 11) is 0. The number of benzene rings is 1. The molecule has 1 aromatic carbocycles. The maximum atomic E-state index is 10.3. The summed E-state index contributed by atoms with van der Waals surface area (Å²) in [6.45, 7) is 0. The van der Waals surface area contributed by atoms with Crippen molar-refractivity contribution in [1.29, 1.82) is 0 Å². The van der Waals surface area contributed by atoms with E-state index in [0.29, 0.717) is 0 Å². The summed E-state index contributed by atoms with van der Waals surface area (Å²) in [6.07, 6.45) is 11.7. The van der Waals surface area contributed by atoms with Crippen molar-refractivity contribution < 1.29 is 9.90 Å². The van der Waals surface area contributed by atoms with Gasteiger partial charge in [0.25, 0.3) is 0 Å². The second-order valence-corrected chi connectivity index (χ2v) is 6.29. The second kappa shape index (κ2) is 15.3. The van der Waals surface area contributed by atoms with Crippen LogP contribution in [-0.4, -0.2) is 5.97 Å². The summed E-state index contributed by atoms with van der Waals surface area (Å²) in [6, 6.07) is 10.6. The van der Waals surface area contributed by atoms with Crippen molar-refractivity contribution >= 4 is 5.97 Å². The van der Waals surface area contributed by atoms with Crippen molar-refractivity contribution in [2.45, 2.75) is 77.0 Å². The van der Waals surface area contributed by atoms with Gasteiger partial charge in [-0.05, 0) is 55.9 Å². The van der Waals surface area contributed by atoms with Crippen molar-refractivity contribution in [3.63, 3.8) is 0 Å². The minimum absolute atomic E-state index is 0.191. The number of aliphatic carboxylic acids is 1. The molecule has 0 aliphatic heterocycles. The number of hydrogen-bond donors (Lipinski definition) is 0. The number of carbonyl (C=O) groups excluding carboxylic acids is 1. The van der Waals surface area contributed by atoms with E-state index in [0.717, 1.165) is 64.2 Å². The smallest absolute Gasteiger partial charge is 0.0414 e. The Hall–Kier alpha value is -2.19. The fourth-order valence-corrected chi connectivity index (χ4v) is 2.59. The molecule has 0 spiro atoms. The average Bonchev–Trinajstić information content (AvgIpc) is 2.62. The summed E-state index contributed by atoms with van der Waals surface area (Å²) in [4.78, 5) is 10.3. The lowest BCUT2D eigenvalue weighted by atomic mass is 10.1. The van der Waals surface area contributed by atoms with E-state index < -0.39 is 5.97 Å². The third-order valence-corrected chi connectivity index (χ3v) is 4.03. The second-order valence-electron chi connectivity index (χ2n) is 6.29. The van der Waals surface area contributed by atoms with Gasteiger partial charge < -0.3 is 9.90 Å². The van der Waals surface area contributed by atoms with Gasteiger partial charge in [-0.15, -0.1) is 0 Å². The molecule has 134 valence electrons. The quantitative estimate of drug-likeness (QED) is 0.422. The Morgan fingerprint density at radius 2 is 1.32 bits per heavy atom. The molecule has 2 heteroatoms. The van der Waals surface area contributed by atoms with Crippen molar-refractivity contribution in [3.8, 4) is 23.7 Å². The maximum Gasteiger partial charge on any atom is 0.0414 e. The zero-order valence-electron chi connectivity index (χ0n) is 15.2. The molecule has 0 bridgehead atoms. The van der Waals surface area contributed by atoms with E-state index in [-0.39, 0.29) is 6.42 Å². The van der Waals surface area contributed by atoms with Gasteiger partial charge in [-0.2, -0.15) is 0 Å². The molecule has 0 aliphatic rings. The zero-order valence-corrected chi connectivity index (χ0v) is 15.2. The van der Waals surface area contributed by atoms with Crippen molar-refractivity contribution in [2.24, 2.45) is 0 Å². The lowest BCUT2D eigenvalue weighted by Crippen LogP contribution is -2.21. The Kier molecular flexibility index (Phi) is 12.8. The fourth-order valence-electron chi connectivity index (χ4n) is 2.59. The third kappa shape index (κ3) is 13.9. The molecule has 0 N–H and O–H groups in total. The van der Waals surface area contributed by atoms with E-state index in [1.807, 2.05) is 6.07 Å². The van der Waals surface area contributed by atoms with Crippen LogP contribution in [0.25, 0.3) is 0 Å². The van der Waals surface area contributed by atoms with Crippen molar-refractivity contribution in [1.82, 2.24) is 0 Å². The van der Waals surface area contributed by atoms with Gasteiger partial charge >= 0.3 is 0 Å². The van der Waals surface area contributed by atoms with E-state index >= 15 is 0 Å². The number of carboxylic acid groups (broad SMARTS) is 1. The summed E-state index contributed by atoms with van der Waals surface area (Å²) in [5, 5.41) is 10.3. The topological polar surface area (TPSA) is 40.1 Å². The van der Waals surface area contributed by atoms with Crippen LogP contribution in [-0.2, 0) is 11.2 Å². The average molecular weight is 337 g/mol. The van der Waals surface area contributed by atoms with Crippen LogP contribution in [0.4, 0.5) is 0 Å². The number of carboxylic acids is 1. The zero-order chi connectivity index (χ0) is 18.0. The lowest BCUT2D eigenvalue weighted by molar-refractivity contribution is -0.305. The Labute approximate surface area is 153 Å². The van der Waals surface area contributed by atoms with Gasteiger partial charge in [0, 0.05) is 18.8 Å². The van der Waals surface area contributed by atoms with Crippen LogP contribution in [0, 0.1) is 23.7 Å². The molecular weight excluding hydrogens is 308 g/mol. The summed E-state index contributed by atoms with van der Waals surface area (Å²) in [5.41, 5.74) is 1.40. The molecule has 0 aromatic heterocycles. The van der Waals surface area contributed by atoms with Gasteiger partial charge in [0.1, 0.15) is 0 Å². The SMILES string of the molecule is O=C([O-])CCCCCCCCC#CC#CCCCCc1ccccc1. The van der Waals surface area contributed by atoms with Crippen LogP contribution < -0.4 is 5.11 Å². The molecule has 0 saturated carbocycles. The predicted molar refractivity (Wildman–Crippen MR) is 101 cm³/mol. The van der Waals surface area contributed by atoms with Crippen LogP contribution in [0.5, 0.6) is 0 Å². The summed E-state index contributed by atoms with van der Waals surface area (Å²) >= 11 is 0. The normalized spacial score (nSPS) is 9.60. The molecule has 0 amide bonds. The monoisotopic (exact) mass is 337 g/mol. The number of carbonyl (C=O) groups is 1. The van der Waals surface area contributed by atoms with Gasteiger partial charge in [-0.1, -0.05) is 67.9 Å². The molecule has 0 radical (unpaired) electrons. The predicted octanol–water partition coefficient (Wildman–Crippen LogP) is 4.28. The highest BCUT2D eigenvalue weighted by Gasteiger charge is 1.92. The molecule has 0 fully saturated rings. The fraction of sp³-hybridized carbons (Fsp3) is 0.522. The number of rotatable bonds is 12. The van der Waals surface area contributed by atoms with Gasteiger partial charge in [-0.3, -0.25) is 0 Å². The van der Waals surface area contributed by atoms with Gasteiger partial charge in [-0.25, -0.2) is 0 Å². The number of hydrogen-bond acceptors (Lipinski definition) is 2. The van der Waals surface area contributed by atoms with Crippen LogP contribution >= 0.6 is 0 Å². The molecular formula is C23H29O2-. The first kappa shape index (κ1) is 20.9. The van der Waals surface area contributed by atoms with Gasteiger partial charge in [0.05, 0.1) is 0 Å². The van der Waals surface area contributed by atoms with Crippen LogP contribution in [0.1, 0.15) is 76.2 Å². The molecule has 1 rings (SSSR count). The molecule has 0 aliphatic carbocycles. The molecule has 25 heavy (non-hydrogen) atoms. The van der Waals surface area contributed by atoms with Crippen molar-refractivity contribution in [3.05, 3.63) is 35.9 Å². The molecule has 0 heterocycles. The first-order valence-corrected chi connectivity index (χ1v) is 9.48. The highest BCUT2D eigenvalue weighted by Crippen LogP contribution is 2.08. The Morgan fingerprint density at radius 3 is 1.96 bits per heavy atom. The van der Waals surface area contributed by atoms with E-state index in [4.69, 9.17) is 0 Å². The molecule has 0 saturated heterocycles. The first-order valence-electron chi connectivity index (χ1n) is 9.48. The largest absolute Gasteiger partial charge is 0.550 e. The van der Waals surface area contributed by atoms with Crippen molar-refractivity contribution in [2.75, 3.05) is 0 Å². The van der Waals surface area contributed by atoms with Gasteiger partial charge in [0.2, 0.25) is 0 Å². The minimum atomic E-state index is -0.937. The van der Waals surface area contributed by atoms with Crippen LogP contribution in [0.2, 0.25) is 0 Å². The summed E-state index contributed by atoms with van der Waals surface area (Å²) in [5.74, 6) is 11.2.